The van der Waals surface area contributed by atoms with Crippen LogP contribution in [0, 0.1) is 22.0 Å². The molecule has 1 N–H and O–H groups in total. The van der Waals surface area contributed by atoms with Gasteiger partial charge in [0.05, 0.1) is 42.6 Å². The van der Waals surface area contributed by atoms with Gasteiger partial charge in [-0.05, 0) is 12.1 Å². The molecule has 2 bridgehead atoms. The number of nitro benzene ring substituents is 1. The van der Waals surface area contributed by atoms with Crippen LogP contribution in [0.4, 0.5) is 11.4 Å². The molecule has 9 nitrogen and oxygen atoms in total. The topological polar surface area (TPSA) is 119 Å². The zero-order valence-corrected chi connectivity index (χ0v) is 13.1. The summed E-state index contributed by atoms with van der Waals surface area (Å²) in [6.45, 7) is -0.446. The number of fused-ring (bicyclic) bond motifs is 5. The number of benzene rings is 1. The van der Waals surface area contributed by atoms with Crippen molar-refractivity contribution in [3.8, 4) is 5.75 Å². The Morgan fingerprint density at radius 2 is 2.16 bits per heavy atom. The van der Waals surface area contributed by atoms with Gasteiger partial charge in [0.25, 0.3) is 5.69 Å². The molecular weight excluding hydrogens is 332 g/mol. The maximum absolute atomic E-state index is 12.9. The summed E-state index contributed by atoms with van der Waals surface area (Å²) in [5.41, 5.74) is -1.75. The molecule has 25 heavy (non-hydrogen) atoms. The minimum Gasteiger partial charge on any atom is -0.496 e. The third-order valence-electron chi connectivity index (χ3n) is 5.02. The van der Waals surface area contributed by atoms with Crippen molar-refractivity contribution in [1.82, 2.24) is 0 Å². The van der Waals surface area contributed by atoms with Gasteiger partial charge in [-0.3, -0.25) is 19.7 Å². The molecule has 3 aliphatic heterocycles. The van der Waals surface area contributed by atoms with Gasteiger partial charge >= 0.3 is 0 Å². The molecule has 1 aromatic carbocycles. The maximum atomic E-state index is 12.9. The van der Waals surface area contributed by atoms with Crippen molar-refractivity contribution in [1.29, 1.82) is 0 Å². The lowest BCUT2D eigenvalue weighted by atomic mass is 9.77. The molecule has 0 saturated carbocycles. The number of hydrogen-bond donors (Lipinski definition) is 1. The summed E-state index contributed by atoms with van der Waals surface area (Å²) in [4.78, 5) is 37.3. The quantitative estimate of drug-likeness (QED) is 0.363. The van der Waals surface area contributed by atoms with Crippen molar-refractivity contribution in [3.05, 3.63) is 40.5 Å². The van der Waals surface area contributed by atoms with E-state index in [-0.39, 0.29) is 11.4 Å². The average Bonchev–Trinajstić information content (AvgIpc) is 3.25. The van der Waals surface area contributed by atoms with Crippen LogP contribution >= 0.6 is 0 Å². The summed E-state index contributed by atoms with van der Waals surface area (Å²) in [6.07, 6.45) is 2.63. The van der Waals surface area contributed by atoms with Gasteiger partial charge in [0.1, 0.15) is 17.0 Å². The van der Waals surface area contributed by atoms with Crippen LogP contribution in [0.5, 0.6) is 5.75 Å². The van der Waals surface area contributed by atoms with E-state index in [1.807, 2.05) is 0 Å². The fourth-order valence-electron chi connectivity index (χ4n) is 3.89. The second-order valence-corrected chi connectivity index (χ2v) is 6.18. The van der Waals surface area contributed by atoms with E-state index in [9.17, 15) is 24.8 Å². The highest BCUT2D eigenvalue weighted by atomic mass is 16.6. The maximum Gasteiger partial charge on any atom is 0.297 e. The van der Waals surface area contributed by atoms with Gasteiger partial charge in [-0.1, -0.05) is 12.2 Å². The molecule has 3 aliphatic rings. The number of nitrogens with zero attached hydrogens (tertiary/aromatic N) is 2. The number of aliphatic hydroxyl groups excluding tert-OH is 1. The van der Waals surface area contributed by atoms with E-state index in [4.69, 9.17) is 9.47 Å². The molecule has 9 heteroatoms. The first-order chi connectivity index (χ1) is 11.9. The van der Waals surface area contributed by atoms with Crippen LogP contribution < -0.4 is 9.64 Å². The monoisotopic (exact) mass is 346 g/mol. The first-order valence-electron chi connectivity index (χ1n) is 7.62. The van der Waals surface area contributed by atoms with E-state index in [1.54, 1.807) is 12.2 Å². The van der Waals surface area contributed by atoms with Crippen LogP contribution in [0.15, 0.2) is 30.4 Å². The molecule has 0 spiro atoms. The third kappa shape index (κ3) is 1.90. The molecule has 3 heterocycles. The molecule has 0 aliphatic carbocycles. The Morgan fingerprint density at radius 1 is 1.40 bits per heavy atom. The highest BCUT2D eigenvalue weighted by Gasteiger charge is 2.68. The van der Waals surface area contributed by atoms with Crippen molar-refractivity contribution in [3.63, 3.8) is 0 Å². The Morgan fingerprint density at radius 3 is 2.80 bits per heavy atom. The number of imide groups is 1. The van der Waals surface area contributed by atoms with E-state index >= 15 is 0 Å². The van der Waals surface area contributed by atoms with Crippen LogP contribution in [0.3, 0.4) is 0 Å². The number of aliphatic hydroxyl groups is 1. The van der Waals surface area contributed by atoms with Gasteiger partial charge in [0, 0.05) is 0 Å². The Hall–Kier alpha value is -2.78. The fraction of sp³-hybridized carbons (Fsp3) is 0.375. The summed E-state index contributed by atoms with van der Waals surface area (Å²) in [7, 11) is 1.36. The fourth-order valence-corrected chi connectivity index (χ4v) is 3.89. The number of anilines is 1. The average molecular weight is 346 g/mol. The zero-order valence-electron chi connectivity index (χ0n) is 13.1. The lowest BCUT2D eigenvalue weighted by Crippen LogP contribution is -2.43. The van der Waals surface area contributed by atoms with Gasteiger partial charge in [-0.25, -0.2) is 4.90 Å². The second kappa shape index (κ2) is 5.11. The summed E-state index contributed by atoms with van der Waals surface area (Å²) in [5.74, 6) is -2.60. The standard InChI is InChI=1S/C16H14N2O7/c1-24-8-2-3-9(10(6-8)18(22)23)17-14(20)12-11-4-5-16(7-19,25-11)13(12)15(17)21/h2-6,11-13,19H,7H2,1H3/t11-,12+,13-,16+/m1/s1. The first kappa shape index (κ1) is 15.7. The molecule has 2 amide bonds. The SMILES string of the molecule is COc1ccc(N2C(=O)[C@H]3[C@H]4C=C[C@@](CO)(O4)[C@H]3C2=O)c([N+](=O)[O-])c1. The molecule has 130 valence electrons. The minimum absolute atomic E-state index is 0.109. The number of carbonyl (C=O) groups is 2. The van der Waals surface area contributed by atoms with Crippen molar-refractivity contribution in [2.24, 2.45) is 11.8 Å². The largest absolute Gasteiger partial charge is 0.496 e. The summed E-state index contributed by atoms with van der Waals surface area (Å²) < 4.78 is 10.6. The summed E-state index contributed by atoms with van der Waals surface area (Å²) >= 11 is 0. The molecule has 4 rings (SSSR count). The van der Waals surface area contributed by atoms with Gasteiger partial charge in [-0.15, -0.1) is 0 Å². The van der Waals surface area contributed by atoms with Crippen molar-refractivity contribution in [2.45, 2.75) is 11.7 Å². The second-order valence-electron chi connectivity index (χ2n) is 6.18. The Bertz CT molecular complexity index is 836. The number of methoxy groups -OCH3 is 1. The lowest BCUT2D eigenvalue weighted by Gasteiger charge is -2.26. The summed E-state index contributed by atoms with van der Waals surface area (Å²) in [6, 6.07) is 3.92. The highest BCUT2D eigenvalue weighted by Crippen LogP contribution is 2.53. The molecule has 0 aromatic heterocycles. The number of hydrogen-bond acceptors (Lipinski definition) is 7. The van der Waals surface area contributed by atoms with Crippen LogP contribution in [-0.4, -0.2) is 47.3 Å². The van der Waals surface area contributed by atoms with Crippen LogP contribution in [0.25, 0.3) is 0 Å². The number of nitro groups is 1. The van der Waals surface area contributed by atoms with Crippen LogP contribution in [0.2, 0.25) is 0 Å². The van der Waals surface area contributed by atoms with E-state index < -0.39 is 52.6 Å². The van der Waals surface area contributed by atoms with Gasteiger partial charge in [-0.2, -0.15) is 0 Å². The Balaban J connectivity index is 1.80. The number of rotatable bonds is 4. The predicted octanol–water partition coefficient (Wildman–Crippen LogP) is 0.409. The Kier molecular flexibility index (Phi) is 3.21. The van der Waals surface area contributed by atoms with Gasteiger partial charge in [0.2, 0.25) is 11.8 Å². The molecule has 0 radical (unpaired) electrons. The molecule has 4 atom stereocenters. The van der Waals surface area contributed by atoms with Crippen LogP contribution in [-0.2, 0) is 14.3 Å². The molecule has 1 aromatic rings. The van der Waals surface area contributed by atoms with Crippen molar-refractivity contribution >= 4 is 23.2 Å². The van der Waals surface area contributed by atoms with Gasteiger partial charge in [0.15, 0.2) is 0 Å². The third-order valence-corrected chi connectivity index (χ3v) is 5.02. The predicted molar refractivity (Wildman–Crippen MR) is 83.0 cm³/mol. The summed E-state index contributed by atoms with van der Waals surface area (Å²) in [5, 5.41) is 21.1. The van der Waals surface area contributed by atoms with Crippen LogP contribution in [0.1, 0.15) is 0 Å². The molecule has 2 fully saturated rings. The molecule has 0 unspecified atom stereocenters. The number of carbonyl (C=O) groups excluding carboxylic acids is 2. The molecule has 2 saturated heterocycles. The highest BCUT2D eigenvalue weighted by molar-refractivity contribution is 6.24. The van der Waals surface area contributed by atoms with E-state index in [0.29, 0.717) is 0 Å². The lowest BCUT2D eigenvalue weighted by molar-refractivity contribution is -0.384. The Labute approximate surface area is 141 Å². The van der Waals surface area contributed by atoms with Crippen molar-refractivity contribution in [2.75, 3.05) is 18.6 Å². The van der Waals surface area contributed by atoms with E-state index in [0.717, 1.165) is 11.0 Å². The van der Waals surface area contributed by atoms with Gasteiger partial charge < -0.3 is 14.6 Å². The normalized spacial score (nSPS) is 32.4. The number of ether oxygens (including phenoxy) is 2. The minimum atomic E-state index is -1.24. The number of amides is 2. The zero-order chi connectivity index (χ0) is 17.9. The first-order valence-corrected chi connectivity index (χ1v) is 7.62. The smallest absolute Gasteiger partial charge is 0.297 e. The van der Waals surface area contributed by atoms with E-state index in [1.165, 1.54) is 19.2 Å². The van der Waals surface area contributed by atoms with E-state index in [2.05, 4.69) is 0 Å². The van der Waals surface area contributed by atoms with Crippen molar-refractivity contribution < 1.29 is 29.1 Å². The molecular formula is C16H14N2O7.